The van der Waals surface area contributed by atoms with Crippen LogP contribution in [0.4, 0.5) is 0 Å². The first-order valence-corrected chi connectivity index (χ1v) is 9.92. The van der Waals surface area contributed by atoms with Crippen molar-refractivity contribution in [3.05, 3.63) is 9.88 Å². The van der Waals surface area contributed by atoms with Crippen LogP contribution in [0.5, 0.6) is 0 Å². The molecule has 0 spiro atoms. The van der Waals surface area contributed by atoms with Crippen molar-refractivity contribution in [1.82, 2.24) is 0 Å². The van der Waals surface area contributed by atoms with Crippen molar-refractivity contribution in [1.29, 1.82) is 0 Å². The Morgan fingerprint density at radius 3 is 2.83 bits per heavy atom. The molecule has 2 atom stereocenters. The van der Waals surface area contributed by atoms with Gasteiger partial charge in [0, 0.05) is 0 Å². The van der Waals surface area contributed by atoms with Gasteiger partial charge in [0.25, 0.3) is 0 Å². The van der Waals surface area contributed by atoms with Crippen molar-refractivity contribution in [2.75, 3.05) is 12.4 Å². The van der Waals surface area contributed by atoms with Gasteiger partial charge in [-0.3, -0.25) is 0 Å². The van der Waals surface area contributed by atoms with E-state index in [9.17, 15) is 5.11 Å². The molecule has 0 saturated carbocycles. The van der Waals surface area contributed by atoms with Crippen LogP contribution in [0, 0.1) is 0 Å². The molecular formula is C13H24O3SSe. The van der Waals surface area contributed by atoms with Gasteiger partial charge in [-0.25, -0.2) is 0 Å². The fourth-order valence-corrected chi connectivity index (χ4v) is 4.45. The van der Waals surface area contributed by atoms with Crippen molar-refractivity contribution in [2.45, 2.75) is 57.4 Å². The molecule has 1 aliphatic rings. The zero-order chi connectivity index (χ0) is 13.6. The minimum absolute atomic E-state index is 0.232. The van der Waals surface area contributed by atoms with Crippen LogP contribution in [-0.4, -0.2) is 50.4 Å². The second kappa shape index (κ2) is 7.93. The van der Waals surface area contributed by atoms with Crippen molar-refractivity contribution < 1.29 is 14.6 Å². The van der Waals surface area contributed by atoms with Crippen molar-refractivity contribution in [3.63, 3.8) is 0 Å². The maximum atomic E-state index is 10.2. The predicted octanol–water partition coefficient (Wildman–Crippen LogP) is 2.63. The van der Waals surface area contributed by atoms with Gasteiger partial charge in [0.05, 0.1) is 0 Å². The summed E-state index contributed by atoms with van der Waals surface area (Å²) in [6, 6.07) is 0. The summed E-state index contributed by atoms with van der Waals surface area (Å²) in [4.78, 5) is 0. The summed E-state index contributed by atoms with van der Waals surface area (Å²) in [5, 5.41) is 10.2. The van der Waals surface area contributed by atoms with Crippen LogP contribution < -0.4 is 0 Å². The first-order chi connectivity index (χ1) is 8.48. The van der Waals surface area contributed by atoms with E-state index in [1.54, 1.807) is 0 Å². The molecule has 0 aromatic heterocycles. The van der Waals surface area contributed by atoms with Crippen molar-refractivity contribution >= 4 is 26.7 Å². The number of hydrogen-bond acceptors (Lipinski definition) is 4. The molecule has 0 radical (unpaired) electrons. The quantitative estimate of drug-likeness (QED) is 0.572. The Kier molecular flexibility index (Phi) is 7.29. The summed E-state index contributed by atoms with van der Waals surface area (Å²) in [7, 11) is 0. The average molecular weight is 339 g/mol. The summed E-state index contributed by atoms with van der Waals surface area (Å²) < 4.78 is 12.4. The first kappa shape index (κ1) is 16.5. The van der Waals surface area contributed by atoms with E-state index in [1.807, 2.05) is 31.7 Å². The van der Waals surface area contributed by atoms with E-state index in [4.69, 9.17) is 9.47 Å². The molecule has 0 aromatic rings. The van der Waals surface area contributed by atoms with Gasteiger partial charge in [-0.2, -0.15) is 0 Å². The fourth-order valence-electron chi connectivity index (χ4n) is 1.62. The Hall–Kier alpha value is 0.489. The van der Waals surface area contributed by atoms with Gasteiger partial charge >= 0.3 is 121 Å². The van der Waals surface area contributed by atoms with Gasteiger partial charge in [0.15, 0.2) is 0 Å². The second-order valence-electron chi connectivity index (χ2n) is 4.75. The van der Waals surface area contributed by atoms with Gasteiger partial charge in [-0.05, 0) is 0 Å². The van der Waals surface area contributed by atoms with Crippen LogP contribution in [-0.2, 0) is 9.47 Å². The fraction of sp³-hybridized carbons (Fsp3) is 0.846. The molecule has 0 aromatic carbocycles. The number of unbranched alkanes of at least 4 members (excludes halogenated alkanes) is 1. The molecule has 0 aliphatic carbocycles. The number of aliphatic hydroxyl groups excluding tert-OH is 1. The summed E-state index contributed by atoms with van der Waals surface area (Å²) in [5.41, 5.74) is 0. The predicted molar refractivity (Wildman–Crippen MR) is 78.0 cm³/mol. The average Bonchev–Trinajstić information content (AvgIpc) is 2.68. The molecule has 1 rings (SSSR count). The molecule has 3 nitrogen and oxygen atoms in total. The standard InChI is InChI=1S/C13H24O3SSe/c1-5-6-7-17-12(18-4)8-10(14)11-9-15-13(2,3)16-11/h8,10-11,14H,5-7,9H2,1-4H3/b12-8+/t10?,11-/m1/s1. The Labute approximate surface area is 121 Å². The third-order valence-electron chi connectivity index (χ3n) is 2.66. The molecule has 106 valence electrons. The molecule has 1 N–H and O–H groups in total. The Morgan fingerprint density at radius 2 is 2.33 bits per heavy atom. The number of rotatable bonds is 7. The minimum atomic E-state index is -0.563. The van der Waals surface area contributed by atoms with Crippen LogP contribution in [0.15, 0.2) is 9.88 Å². The van der Waals surface area contributed by atoms with Gasteiger partial charge < -0.3 is 0 Å². The van der Waals surface area contributed by atoms with Gasteiger partial charge in [-0.1, -0.05) is 0 Å². The Balaban J connectivity index is 2.46. The molecule has 1 unspecified atom stereocenters. The number of ether oxygens (including phenoxy) is 2. The summed E-state index contributed by atoms with van der Waals surface area (Å²) in [6.45, 7) is 6.42. The van der Waals surface area contributed by atoms with Crippen molar-refractivity contribution in [3.8, 4) is 0 Å². The Morgan fingerprint density at radius 1 is 1.61 bits per heavy atom. The third-order valence-corrected chi connectivity index (χ3v) is 6.31. The second-order valence-corrected chi connectivity index (χ2v) is 8.25. The molecule has 5 heteroatoms. The number of aliphatic hydroxyl groups is 1. The van der Waals surface area contributed by atoms with E-state index in [0.717, 1.165) is 5.75 Å². The molecule has 1 aliphatic heterocycles. The zero-order valence-corrected chi connectivity index (χ0v) is 14.2. The van der Waals surface area contributed by atoms with Crippen molar-refractivity contribution in [2.24, 2.45) is 0 Å². The van der Waals surface area contributed by atoms with E-state index in [0.29, 0.717) is 21.6 Å². The SMILES string of the molecule is CCCCS/C(=C\C(O)[C@H]1COC(C)(C)O1)[Se]C. The number of hydrogen-bond donors (Lipinski definition) is 1. The molecule has 1 saturated heterocycles. The zero-order valence-electron chi connectivity index (χ0n) is 11.6. The topological polar surface area (TPSA) is 38.7 Å². The van der Waals surface area contributed by atoms with Gasteiger partial charge in [0.1, 0.15) is 0 Å². The monoisotopic (exact) mass is 340 g/mol. The normalized spacial score (nSPS) is 25.4. The number of thioether (sulfide) groups is 1. The van der Waals surface area contributed by atoms with Gasteiger partial charge in [-0.15, -0.1) is 0 Å². The van der Waals surface area contributed by atoms with Gasteiger partial charge in [0.2, 0.25) is 0 Å². The van der Waals surface area contributed by atoms with Crippen LogP contribution >= 0.6 is 11.8 Å². The third kappa shape index (κ3) is 5.64. The molecule has 0 bridgehead atoms. The molecule has 0 amide bonds. The van der Waals surface area contributed by atoms with E-state index in [1.165, 1.54) is 16.6 Å². The summed E-state index contributed by atoms with van der Waals surface area (Å²) >= 11 is 2.29. The summed E-state index contributed by atoms with van der Waals surface area (Å²) in [5.74, 6) is 2.75. The Bertz CT molecular complexity index is 281. The van der Waals surface area contributed by atoms with E-state index in [2.05, 4.69) is 12.7 Å². The van der Waals surface area contributed by atoms with Crippen LogP contribution in [0.3, 0.4) is 0 Å². The van der Waals surface area contributed by atoms with E-state index < -0.39 is 11.9 Å². The first-order valence-electron chi connectivity index (χ1n) is 6.37. The molecular weight excluding hydrogens is 315 g/mol. The van der Waals surface area contributed by atoms with E-state index >= 15 is 0 Å². The maximum absolute atomic E-state index is 10.2. The molecule has 1 fully saturated rings. The van der Waals surface area contributed by atoms with Crippen LogP contribution in [0.2, 0.25) is 5.82 Å². The van der Waals surface area contributed by atoms with E-state index in [-0.39, 0.29) is 6.10 Å². The molecule has 18 heavy (non-hydrogen) atoms. The van der Waals surface area contributed by atoms with Crippen LogP contribution in [0.25, 0.3) is 0 Å². The molecule has 1 heterocycles. The summed E-state index contributed by atoms with van der Waals surface area (Å²) in [6.07, 6.45) is 3.61. The van der Waals surface area contributed by atoms with Crippen LogP contribution in [0.1, 0.15) is 33.6 Å².